The Balaban J connectivity index is 2.03. The number of carboxylic acid groups (broad SMARTS) is 1. The number of aliphatic carboxylic acids is 1. The molecule has 1 saturated heterocycles. The van der Waals surface area contributed by atoms with Crippen LogP contribution in [0.25, 0.3) is 0 Å². The number of carbonyl (C=O) groups excluding carboxylic acids is 1. The van der Waals surface area contributed by atoms with Crippen molar-refractivity contribution in [3.63, 3.8) is 0 Å². The van der Waals surface area contributed by atoms with Crippen LogP contribution in [0.4, 0.5) is 18.9 Å². The van der Waals surface area contributed by atoms with E-state index < -0.39 is 34.7 Å². The highest BCUT2D eigenvalue weighted by Gasteiger charge is 2.60. The van der Waals surface area contributed by atoms with Gasteiger partial charge in [-0.15, -0.1) is 0 Å². The van der Waals surface area contributed by atoms with Gasteiger partial charge < -0.3 is 10.0 Å². The van der Waals surface area contributed by atoms with Gasteiger partial charge in [0.1, 0.15) is 5.54 Å². The molecule has 2 aliphatic rings. The van der Waals surface area contributed by atoms with E-state index in [2.05, 4.69) is 6.58 Å². The van der Waals surface area contributed by atoms with Gasteiger partial charge in [0, 0.05) is 12.1 Å². The number of anilines is 1. The molecule has 6 nitrogen and oxygen atoms in total. The van der Waals surface area contributed by atoms with Gasteiger partial charge in [0.25, 0.3) is 5.91 Å². The molecule has 1 aliphatic carbocycles. The fourth-order valence-corrected chi connectivity index (χ4v) is 4.88. The number of rotatable bonds is 8. The largest absolute Gasteiger partial charge is 0.481 e. The topological polar surface area (TPSA) is 84.6 Å². The first kappa shape index (κ1) is 27.1. The molecule has 1 amide bonds. The van der Waals surface area contributed by atoms with E-state index in [0.717, 1.165) is 29.0 Å². The molecule has 0 atom stereocenters. The van der Waals surface area contributed by atoms with Gasteiger partial charge in [0.2, 0.25) is 0 Å². The summed E-state index contributed by atoms with van der Waals surface area (Å²) in [5.41, 5.74) is -0.625. The third-order valence-corrected chi connectivity index (χ3v) is 6.81. The monoisotopic (exact) mass is 517 g/mol. The van der Waals surface area contributed by atoms with E-state index >= 15 is 0 Å². The Morgan fingerprint density at radius 2 is 1.94 bits per heavy atom. The summed E-state index contributed by atoms with van der Waals surface area (Å²) in [5, 5.41) is 18.0. The number of benzene rings is 1. The third-order valence-electron chi connectivity index (χ3n) is 6.45. The van der Waals surface area contributed by atoms with Crippen LogP contribution in [0.5, 0.6) is 0 Å². The number of nitrogens with zero attached hydrogens (tertiary/aromatic N) is 3. The molecule has 2 fully saturated rings. The molecule has 1 heterocycles. The van der Waals surface area contributed by atoms with Crippen molar-refractivity contribution in [3.8, 4) is 6.07 Å². The summed E-state index contributed by atoms with van der Waals surface area (Å²) in [6.07, 6.45) is 1.63. The highest BCUT2D eigenvalue weighted by Crippen LogP contribution is 2.49. The smallest absolute Gasteiger partial charge is 0.417 e. The lowest BCUT2D eigenvalue weighted by atomic mass is 9.75. The lowest BCUT2D eigenvalue weighted by Crippen LogP contribution is -2.54. The van der Waals surface area contributed by atoms with Gasteiger partial charge in [0.05, 0.1) is 22.9 Å². The van der Waals surface area contributed by atoms with Gasteiger partial charge in [-0.3, -0.25) is 14.5 Å². The molecule has 36 heavy (non-hydrogen) atoms. The lowest BCUT2D eigenvalue weighted by molar-refractivity contribution is -0.138. The molecule has 10 heteroatoms. The molecule has 0 aromatic heterocycles. The zero-order chi connectivity index (χ0) is 26.8. The minimum Gasteiger partial charge on any atom is -0.481 e. The Morgan fingerprint density at radius 1 is 1.28 bits per heavy atom. The second-order valence-electron chi connectivity index (χ2n) is 9.08. The van der Waals surface area contributed by atoms with Gasteiger partial charge >= 0.3 is 12.1 Å². The van der Waals surface area contributed by atoms with E-state index in [1.165, 1.54) is 6.07 Å². The zero-order valence-corrected chi connectivity index (χ0v) is 20.8. The molecule has 0 bridgehead atoms. The maximum absolute atomic E-state index is 13.6. The number of hydrogen-bond acceptors (Lipinski definition) is 4. The number of hydrogen-bond donors (Lipinski definition) is 1. The predicted octanol–water partition coefficient (Wildman–Crippen LogP) is 6.09. The molecule has 1 aliphatic heterocycles. The van der Waals surface area contributed by atoms with Crippen molar-refractivity contribution in [2.75, 3.05) is 4.90 Å². The molecular formula is C26H26F3N3O3S. The number of thiocarbonyl (C=S) groups is 1. The van der Waals surface area contributed by atoms with Gasteiger partial charge in [-0.2, -0.15) is 18.4 Å². The van der Waals surface area contributed by atoms with Gasteiger partial charge in [-0.05, 0) is 88.0 Å². The van der Waals surface area contributed by atoms with Crippen molar-refractivity contribution in [1.82, 2.24) is 4.90 Å². The van der Waals surface area contributed by atoms with E-state index in [4.69, 9.17) is 22.6 Å². The summed E-state index contributed by atoms with van der Waals surface area (Å²) in [6.45, 7) is 7.64. The van der Waals surface area contributed by atoms with Gasteiger partial charge in [-0.1, -0.05) is 18.2 Å². The van der Waals surface area contributed by atoms with Gasteiger partial charge in [-0.25, -0.2) is 0 Å². The van der Waals surface area contributed by atoms with E-state index in [0.29, 0.717) is 37.0 Å². The summed E-state index contributed by atoms with van der Waals surface area (Å²) < 4.78 is 40.8. The van der Waals surface area contributed by atoms with Crippen LogP contribution in [-0.4, -0.2) is 32.5 Å². The quantitative estimate of drug-likeness (QED) is 0.332. The highest BCUT2D eigenvalue weighted by molar-refractivity contribution is 7.80. The van der Waals surface area contributed by atoms with Crippen LogP contribution in [0.3, 0.4) is 0 Å². The molecular weight excluding hydrogens is 491 g/mol. The Kier molecular flexibility index (Phi) is 7.74. The van der Waals surface area contributed by atoms with Crippen LogP contribution in [-0.2, 0) is 15.8 Å². The first-order valence-electron chi connectivity index (χ1n) is 11.4. The number of amides is 1. The Labute approximate surface area is 213 Å². The second kappa shape index (κ2) is 10.3. The maximum Gasteiger partial charge on any atom is 0.417 e. The van der Waals surface area contributed by atoms with Crippen molar-refractivity contribution in [2.24, 2.45) is 0 Å². The van der Waals surface area contributed by atoms with Crippen LogP contribution in [0.2, 0.25) is 0 Å². The number of nitriles is 1. The lowest BCUT2D eigenvalue weighted by Gasteiger charge is -2.44. The van der Waals surface area contributed by atoms with Crippen LogP contribution in [0.1, 0.15) is 63.5 Å². The summed E-state index contributed by atoms with van der Waals surface area (Å²) in [6, 6.07) is 4.67. The third kappa shape index (κ3) is 5.07. The van der Waals surface area contributed by atoms with Crippen LogP contribution in [0.15, 0.2) is 53.8 Å². The summed E-state index contributed by atoms with van der Waals surface area (Å²) >= 11 is 5.66. The van der Waals surface area contributed by atoms with E-state index in [-0.39, 0.29) is 17.2 Å². The predicted molar refractivity (Wildman–Crippen MR) is 133 cm³/mol. The van der Waals surface area contributed by atoms with Crippen molar-refractivity contribution >= 4 is 34.9 Å². The SMILES string of the molecule is C=C(C)/C(=C\C=C(/C)CCCC(=O)O)N1C(=S)N(c2ccc(C#N)c(C(F)(F)F)c2)C(=O)C12CCC2. The molecule has 0 radical (unpaired) electrons. The van der Waals surface area contributed by atoms with Crippen LogP contribution >= 0.6 is 12.2 Å². The number of carbonyl (C=O) groups is 2. The molecule has 1 aromatic carbocycles. The number of halogens is 3. The standard InChI is InChI=1S/C26H26F3N3O3S/c1-16(2)21(11-8-17(3)6-4-7-22(33)34)32-24(36)31(23(35)25(32)12-5-13-25)19-10-9-18(15-30)20(14-19)26(27,28)29/h8-11,14H,1,4-7,12-13H2,2-3H3,(H,33,34)/b17-8+,21-11+. The fraction of sp³-hybridized carbons (Fsp3) is 0.385. The average Bonchev–Trinajstić information content (AvgIpc) is 2.99. The first-order chi connectivity index (χ1) is 16.8. The minimum absolute atomic E-state index is 0.0451. The molecule has 1 N–H and O–H groups in total. The second-order valence-corrected chi connectivity index (χ2v) is 9.44. The molecule has 190 valence electrons. The number of carboxylic acids is 1. The highest BCUT2D eigenvalue weighted by atomic mass is 32.1. The van der Waals surface area contributed by atoms with Crippen molar-refractivity contribution in [2.45, 2.75) is 64.1 Å². The van der Waals surface area contributed by atoms with Crippen LogP contribution in [0, 0.1) is 11.3 Å². The zero-order valence-electron chi connectivity index (χ0n) is 20.0. The molecule has 1 aromatic rings. The molecule has 1 saturated carbocycles. The van der Waals surface area contributed by atoms with E-state index in [1.807, 2.05) is 13.0 Å². The van der Waals surface area contributed by atoms with Crippen molar-refractivity contribution < 1.29 is 27.9 Å². The summed E-state index contributed by atoms with van der Waals surface area (Å²) in [4.78, 5) is 27.2. The van der Waals surface area contributed by atoms with Gasteiger partial charge in [0.15, 0.2) is 5.11 Å². The molecule has 1 spiro atoms. The summed E-state index contributed by atoms with van der Waals surface area (Å²) in [7, 11) is 0. The molecule has 0 unspecified atom stereocenters. The van der Waals surface area contributed by atoms with Crippen molar-refractivity contribution in [3.05, 3.63) is 64.9 Å². The Morgan fingerprint density at radius 3 is 2.44 bits per heavy atom. The number of allylic oxidation sites excluding steroid dienone is 4. The summed E-state index contributed by atoms with van der Waals surface area (Å²) in [5.74, 6) is -1.28. The normalized spacial score (nSPS) is 17.9. The van der Waals surface area contributed by atoms with E-state index in [9.17, 15) is 22.8 Å². The molecule has 3 rings (SSSR count). The van der Waals surface area contributed by atoms with E-state index in [1.54, 1.807) is 24.0 Å². The fourth-order valence-electron chi connectivity index (χ4n) is 4.42. The number of alkyl halides is 3. The average molecular weight is 518 g/mol. The van der Waals surface area contributed by atoms with Crippen molar-refractivity contribution in [1.29, 1.82) is 5.26 Å². The maximum atomic E-state index is 13.6. The van der Waals surface area contributed by atoms with Crippen LogP contribution < -0.4 is 4.90 Å². The Bertz CT molecular complexity index is 1220. The Hall–Kier alpha value is -3.45. The first-order valence-corrected chi connectivity index (χ1v) is 11.8. The minimum atomic E-state index is -4.77.